The predicted octanol–water partition coefficient (Wildman–Crippen LogP) is 12.4. The molecule has 264 valence electrons. The first kappa shape index (κ1) is 33.9. The van der Waals surface area contributed by atoms with E-state index in [0.29, 0.717) is 13.2 Å². The predicted molar refractivity (Wildman–Crippen MR) is 218 cm³/mol. The van der Waals surface area contributed by atoms with Gasteiger partial charge in [-0.15, -0.1) is 11.3 Å². The molecule has 0 amide bonds. The summed E-state index contributed by atoms with van der Waals surface area (Å²) >= 11 is 1.70. The van der Waals surface area contributed by atoms with E-state index in [0.717, 1.165) is 78.0 Å². The van der Waals surface area contributed by atoms with E-state index in [1.807, 2.05) is 24.3 Å². The van der Waals surface area contributed by atoms with Crippen molar-refractivity contribution in [1.82, 2.24) is 0 Å². The fourth-order valence-electron chi connectivity index (χ4n) is 6.60. The van der Waals surface area contributed by atoms with E-state index >= 15 is 0 Å². The lowest BCUT2D eigenvalue weighted by molar-refractivity contribution is 0.175. The highest BCUT2D eigenvalue weighted by Crippen LogP contribution is 2.54. The molecule has 1 aliphatic rings. The average molecular weight is 717 g/mol. The van der Waals surface area contributed by atoms with Gasteiger partial charge in [0.2, 0.25) is 0 Å². The minimum atomic E-state index is 0.512. The Morgan fingerprint density at radius 2 is 0.698 bits per heavy atom. The molecule has 0 saturated heterocycles. The van der Waals surface area contributed by atoms with Gasteiger partial charge in [0.1, 0.15) is 24.7 Å². The Kier molecular flexibility index (Phi) is 9.49. The number of thiophene rings is 1. The van der Waals surface area contributed by atoms with Crippen LogP contribution < -0.4 is 28.7 Å². The molecule has 0 fully saturated rings. The van der Waals surface area contributed by atoms with Gasteiger partial charge in [-0.1, -0.05) is 59.7 Å². The van der Waals surface area contributed by atoms with E-state index in [9.17, 15) is 0 Å². The number of nitrogens with zero attached hydrogens (tertiary/aromatic N) is 2. The normalized spacial score (nSPS) is 11.9. The molecular weight excluding hydrogens is 677 g/mol. The van der Waals surface area contributed by atoms with Crippen molar-refractivity contribution in [3.8, 4) is 43.9 Å². The SMILES string of the molecule is COc1ccc(N(c2ccc(OC)cc2)c2ccc(-c3sc(-c4ccc(N(c5ccc(C)cc5)c5ccc(C)cc5)cc4)c4c3OCCO4)cc2)cc1. The van der Waals surface area contributed by atoms with Gasteiger partial charge in [0.25, 0.3) is 0 Å². The fraction of sp³-hybridized carbons (Fsp3) is 0.130. The van der Waals surface area contributed by atoms with Crippen molar-refractivity contribution in [3.05, 3.63) is 157 Å². The molecule has 8 rings (SSSR count). The van der Waals surface area contributed by atoms with Crippen molar-refractivity contribution < 1.29 is 18.9 Å². The Hall–Kier alpha value is -6.18. The molecule has 0 N–H and O–H groups in total. The zero-order valence-corrected chi connectivity index (χ0v) is 31.0. The summed E-state index contributed by atoms with van der Waals surface area (Å²) in [4.78, 5) is 6.61. The van der Waals surface area contributed by atoms with Gasteiger partial charge in [-0.05, 0) is 122 Å². The summed E-state index contributed by atoms with van der Waals surface area (Å²) in [6, 6.07) is 50.9. The Balaban J connectivity index is 1.13. The van der Waals surface area contributed by atoms with Gasteiger partial charge in [-0.3, -0.25) is 0 Å². The van der Waals surface area contributed by atoms with Crippen molar-refractivity contribution in [2.24, 2.45) is 0 Å². The molecule has 6 nitrogen and oxygen atoms in total. The zero-order chi connectivity index (χ0) is 36.3. The second kappa shape index (κ2) is 14.8. The minimum absolute atomic E-state index is 0.512. The van der Waals surface area contributed by atoms with Crippen molar-refractivity contribution in [1.29, 1.82) is 0 Å². The first-order chi connectivity index (χ1) is 26.0. The van der Waals surface area contributed by atoms with E-state index < -0.39 is 0 Å². The zero-order valence-electron chi connectivity index (χ0n) is 30.2. The number of anilines is 6. The second-order valence-corrected chi connectivity index (χ2v) is 14.0. The van der Waals surface area contributed by atoms with Crippen LogP contribution in [0.3, 0.4) is 0 Å². The molecule has 53 heavy (non-hydrogen) atoms. The summed E-state index contributed by atoms with van der Waals surface area (Å²) in [5, 5.41) is 0. The molecule has 0 unspecified atom stereocenters. The van der Waals surface area contributed by atoms with Gasteiger partial charge >= 0.3 is 0 Å². The van der Waals surface area contributed by atoms with E-state index in [4.69, 9.17) is 18.9 Å². The lowest BCUT2D eigenvalue weighted by atomic mass is 10.1. The monoisotopic (exact) mass is 716 g/mol. The molecule has 2 heterocycles. The van der Waals surface area contributed by atoms with Crippen LogP contribution in [0, 0.1) is 13.8 Å². The highest BCUT2D eigenvalue weighted by molar-refractivity contribution is 7.19. The summed E-state index contributed by atoms with van der Waals surface area (Å²) in [6.07, 6.45) is 0. The van der Waals surface area contributed by atoms with Gasteiger partial charge in [-0.25, -0.2) is 0 Å². The lowest BCUT2D eigenvalue weighted by Gasteiger charge is -2.26. The van der Waals surface area contributed by atoms with Crippen LogP contribution in [0.1, 0.15) is 11.1 Å². The summed E-state index contributed by atoms with van der Waals surface area (Å²) in [6.45, 7) is 5.26. The molecule has 7 heteroatoms. The fourth-order valence-corrected chi connectivity index (χ4v) is 7.80. The van der Waals surface area contributed by atoms with Crippen molar-refractivity contribution in [2.45, 2.75) is 13.8 Å². The minimum Gasteiger partial charge on any atom is -0.497 e. The number of rotatable bonds is 10. The molecule has 0 atom stereocenters. The molecule has 1 aliphatic heterocycles. The van der Waals surface area contributed by atoms with Crippen molar-refractivity contribution in [2.75, 3.05) is 37.2 Å². The maximum absolute atomic E-state index is 6.31. The number of benzene rings is 6. The molecule has 6 aromatic carbocycles. The molecule has 0 spiro atoms. The molecule has 0 aliphatic carbocycles. The van der Waals surface area contributed by atoms with Gasteiger partial charge in [-0.2, -0.15) is 0 Å². The number of methoxy groups -OCH3 is 2. The number of hydrogen-bond acceptors (Lipinski definition) is 7. The maximum atomic E-state index is 6.31. The largest absolute Gasteiger partial charge is 0.497 e. The topological polar surface area (TPSA) is 43.4 Å². The Labute approximate surface area is 315 Å². The van der Waals surface area contributed by atoms with Gasteiger partial charge in [0, 0.05) is 34.1 Å². The first-order valence-corrected chi connectivity index (χ1v) is 18.5. The number of aryl methyl sites for hydroxylation is 2. The van der Waals surface area contributed by atoms with Crippen LogP contribution in [-0.4, -0.2) is 27.4 Å². The number of ether oxygens (including phenoxy) is 4. The molecular formula is C46H40N2O4S. The lowest BCUT2D eigenvalue weighted by Crippen LogP contribution is -2.14. The van der Waals surface area contributed by atoms with Crippen molar-refractivity contribution in [3.63, 3.8) is 0 Å². The quantitative estimate of drug-likeness (QED) is 0.140. The first-order valence-electron chi connectivity index (χ1n) is 17.6. The highest BCUT2D eigenvalue weighted by atomic mass is 32.1. The Bertz CT molecular complexity index is 2210. The third kappa shape index (κ3) is 6.91. The Morgan fingerprint density at radius 1 is 0.415 bits per heavy atom. The van der Waals surface area contributed by atoms with E-state index in [1.54, 1.807) is 25.6 Å². The third-order valence-electron chi connectivity index (χ3n) is 9.42. The summed E-state index contributed by atoms with van der Waals surface area (Å²) in [5.41, 5.74) is 11.0. The highest BCUT2D eigenvalue weighted by Gasteiger charge is 2.27. The Morgan fingerprint density at radius 3 is 1.00 bits per heavy atom. The maximum Gasteiger partial charge on any atom is 0.180 e. The summed E-state index contributed by atoms with van der Waals surface area (Å²) in [7, 11) is 3.36. The van der Waals surface area contributed by atoms with E-state index in [-0.39, 0.29) is 0 Å². The van der Waals surface area contributed by atoms with Crippen LogP contribution in [0.15, 0.2) is 146 Å². The van der Waals surface area contributed by atoms with Gasteiger partial charge in [0.15, 0.2) is 11.5 Å². The van der Waals surface area contributed by atoms with Crippen LogP contribution >= 0.6 is 11.3 Å². The van der Waals surface area contributed by atoms with Crippen LogP contribution in [0.25, 0.3) is 20.9 Å². The smallest absolute Gasteiger partial charge is 0.180 e. The van der Waals surface area contributed by atoms with Crippen LogP contribution in [0.5, 0.6) is 23.0 Å². The molecule has 0 saturated carbocycles. The molecule has 0 bridgehead atoms. The molecule has 1 aromatic heterocycles. The molecule has 7 aromatic rings. The number of fused-ring (bicyclic) bond motifs is 1. The second-order valence-electron chi connectivity index (χ2n) is 12.9. The van der Waals surface area contributed by atoms with E-state index in [1.165, 1.54) is 11.1 Å². The van der Waals surface area contributed by atoms with Gasteiger partial charge in [0.05, 0.1) is 24.0 Å². The van der Waals surface area contributed by atoms with Crippen LogP contribution in [0.4, 0.5) is 34.1 Å². The standard InChI is InChI=1S/C46H40N2O4S/c1-31-5-13-35(14-6-31)47(36-15-7-32(2)8-16-36)37-17-9-33(10-18-37)45-43-44(52-30-29-51-43)46(53-45)34-11-19-38(20-12-34)48(39-21-25-41(49-3)26-22-39)40-23-27-42(50-4)28-24-40/h5-28H,29-30H2,1-4H3. The van der Waals surface area contributed by atoms with Gasteiger partial charge < -0.3 is 28.7 Å². The molecule has 0 radical (unpaired) electrons. The third-order valence-corrected chi connectivity index (χ3v) is 10.7. The van der Waals surface area contributed by atoms with Crippen LogP contribution in [-0.2, 0) is 0 Å². The van der Waals surface area contributed by atoms with Crippen LogP contribution in [0.2, 0.25) is 0 Å². The number of hydrogen-bond donors (Lipinski definition) is 0. The van der Waals surface area contributed by atoms with Crippen molar-refractivity contribution >= 4 is 45.5 Å². The van der Waals surface area contributed by atoms with E-state index in [2.05, 4.69) is 145 Å². The summed E-state index contributed by atoms with van der Waals surface area (Å²) in [5.74, 6) is 3.23. The summed E-state index contributed by atoms with van der Waals surface area (Å²) < 4.78 is 23.5. The average Bonchev–Trinajstić information content (AvgIpc) is 3.60.